The number of halogens is 2. The monoisotopic (exact) mass is 336 g/mol. The van der Waals surface area contributed by atoms with Gasteiger partial charge in [0.1, 0.15) is 5.75 Å². The van der Waals surface area contributed by atoms with E-state index < -0.39 is 0 Å². The average molecular weight is 337 g/mol. The van der Waals surface area contributed by atoms with E-state index in [9.17, 15) is 0 Å². The fraction of sp³-hybridized carbons (Fsp3) is 0.111. The van der Waals surface area contributed by atoms with Gasteiger partial charge in [-0.1, -0.05) is 16.8 Å². The van der Waals surface area contributed by atoms with Gasteiger partial charge < -0.3 is 9.26 Å². The van der Waals surface area contributed by atoms with Gasteiger partial charge in [-0.15, -0.1) is 0 Å². The molecule has 15 heavy (non-hydrogen) atoms. The lowest BCUT2D eigenvalue weighted by molar-refractivity contribution is 0.404. The Morgan fingerprint density at radius 3 is 2.87 bits per heavy atom. The molecule has 0 saturated carbocycles. The molecule has 4 nitrogen and oxygen atoms in total. The third-order valence-electron chi connectivity index (χ3n) is 1.79. The van der Waals surface area contributed by atoms with Crippen LogP contribution in [-0.2, 0) is 0 Å². The molecule has 6 heteroatoms. The summed E-state index contributed by atoms with van der Waals surface area (Å²) < 4.78 is 10.8. The van der Waals surface area contributed by atoms with E-state index in [1.165, 1.54) is 0 Å². The summed E-state index contributed by atoms with van der Waals surface area (Å²) in [7, 11) is 1.58. The topological polar surface area (TPSA) is 48.2 Å². The molecule has 0 N–H and O–H groups in total. The molecule has 0 aliphatic rings. The summed E-state index contributed by atoms with van der Waals surface area (Å²) in [5, 5.41) is 4.30. The van der Waals surface area contributed by atoms with Gasteiger partial charge in [-0.3, -0.25) is 0 Å². The first kappa shape index (κ1) is 10.7. The fourth-order valence-electron chi connectivity index (χ4n) is 1.16. The van der Waals surface area contributed by atoms with Crippen molar-refractivity contribution in [3.05, 3.63) is 27.1 Å². The van der Waals surface area contributed by atoms with Gasteiger partial charge in [-0.2, -0.15) is 4.98 Å². The van der Waals surface area contributed by atoms with Crippen molar-refractivity contribution in [3.63, 3.8) is 0 Å². The summed E-state index contributed by atoms with van der Waals surface area (Å²) >= 11 is 7.85. The van der Waals surface area contributed by atoms with Crippen LogP contribution in [0.2, 0.25) is 5.02 Å². The van der Waals surface area contributed by atoms with Crippen molar-refractivity contribution in [2.24, 2.45) is 0 Å². The molecule has 0 radical (unpaired) electrons. The number of ether oxygens (including phenoxy) is 1. The van der Waals surface area contributed by atoms with Gasteiger partial charge in [0.25, 0.3) is 5.89 Å². The highest BCUT2D eigenvalue weighted by molar-refractivity contribution is 14.1. The molecule has 0 fully saturated rings. The summed E-state index contributed by atoms with van der Waals surface area (Å²) in [6.07, 6.45) is 0. The molecular weight excluding hydrogens is 330 g/mol. The largest absolute Gasteiger partial charge is 0.496 e. The van der Waals surface area contributed by atoms with Crippen LogP contribution in [0.15, 0.2) is 22.7 Å². The number of hydrogen-bond donors (Lipinski definition) is 0. The van der Waals surface area contributed by atoms with E-state index in [1.54, 1.807) is 25.3 Å². The van der Waals surface area contributed by atoms with E-state index in [-0.39, 0.29) is 0 Å². The smallest absolute Gasteiger partial charge is 0.262 e. The van der Waals surface area contributed by atoms with Crippen molar-refractivity contribution in [3.8, 4) is 17.2 Å². The Labute approximate surface area is 105 Å². The summed E-state index contributed by atoms with van der Waals surface area (Å²) in [5.74, 6) is 1.05. The molecule has 0 atom stereocenters. The third-order valence-corrected chi connectivity index (χ3v) is 2.47. The van der Waals surface area contributed by atoms with Gasteiger partial charge in [0.2, 0.25) is 3.83 Å². The zero-order valence-electron chi connectivity index (χ0n) is 7.70. The average Bonchev–Trinajstić information content (AvgIpc) is 2.65. The Morgan fingerprint density at radius 2 is 2.27 bits per heavy atom. The van der Waals surface area contributed by atoms with Crippen LogP contribution in [0, 0.1) is 3.83 Å². The van der Waals surface area contributed by atoms with Gasteiger partial charge in [0.05, 0.1) is 12.7 Å². The first-order valence-electron chi connectivity index (χ1n) is 4.04. The van der Waals surface area contributed by atoms with Crippen LogP contribution < -0.4 is 4.74 Å². The molecule has 0 unspecified atom stereocenters. The quantitative estimate of drug-likeness (QED) is 0.791. The van der Waals surface area contributed by atoms with E-state index in [4.69, 9.17) is 20.9 Å². The Balaban J connectivity index is 2.55. The lowest BCUT2D eigenvalue weighted by Crippen LogP contribution is -1.88. The number of nitrogens with zero attached hydrogens (tertiary/aromatic N) is 2. The van der Waals surface area contributed by atoms with E-state index in [0.29, 0.717) is 26.1 Å². The second-order valence-electron chi connectivity index (χ2n) is 2.71. The second-order valence-corrected chi connectivity index (χ2v) is 4.11. The molecule has 2 aromatic rings. The SMILES string of the molecule is COc1ccc(Cl)cc1-c1nc(I)no1. The normalized spacial score (nSPS) is 10.3. The van der Waals surface area contributed by atoms with Crippen LogP contribution in [-0.4, -0.2) is 17.3 Å². The molecule has 78 valence electrons. The Morgan fingerprint density at radius 1 is 1.47 bits per heavy atom. The summed E-state index contributed by atoms with van der Waals surface area (Å²) in [5.41, 5.74) is 0.695. The van der Waals surface area contributed by atoms with Gasteiger partial charge in [0.15, 0.2) is 0 Å². The molecule has 1 heterocycles. The van der Waals surface area contributed by atoms with Crippen molar-refractivity contribution in [1.29, 1.82) is 0 Å². The Bertz CT molecular complexity index is 487. The molecule has 1 aromatic heterocycles. The number of hydrogen-bond acceptors (Lipinski definition) is 4. The van der Waals surface area contributed by atoms with E-state index in [2.05, 4.69) is 10.1 Å². The lowest BCUT2D eigenvalue weighted by atomic mass is 10.2. The van der Waals surface area contributed by atoms with Gasteiger partial charge in [-0.25, -0.2) is 0 Å². The summed E-state index contributed by atoms with van der Waals surface area (Å²) in [4.78, 5) is 4.10. The van der Waals surface area contributed by atoms with Crippen molar-refractivity contribution < 1.29 is 9.26 Å². The minimum absolute atomic E-state index is 0.402. The first-order chi connectivity index (χ1) is 7.20. The number of benzene rings is 1. The number of rotatable bonds is 2. The number of aromatic nitrogens is 2. The predicted octanol–water partition coefficient (Wildman–Crippen LogP) is 3.00. The van der Waals surface area contributed by atoms with E-state index in [0.717, 1.165) is 0 Å². The molecule has 0 saturated heterocycles. The van der Waals surface area contributed by atoms with Gasteiger partial charge in [-0.05, 0) is 18.2 Å². The highest BCUT2D eigenvalue weighted by atomic mass is 127. The molecular formula is C9H6ClIN2O2. The predicted molar refractivity (Wildman–Crippen MR) is 64.0 cm³/mol. The van der Waals surface area contributed by atoms with Gasteiger partial charge >= 0.3 is 0 Å². The van der Waals surface area contributed by atoms with Gasteiger partial charge in [0, 0.05) is 27.6 Å². The molecule has 0 bridgehead atoms. The van der Waals surface area contributed by atoms with Crippen molar-refractivity contribution >= 4 is 34.2 Å². The Kier molecular flexibility index (Phi) is 3.11. The molecule has 0 spiro atoms. The molecule has 2 rings (SSSR count). The van der Waals surface area contributed by atoms with Crippen LogP contribution in [0.3, 0.4) is 0 Å². The zero-order valence-corrected chi connectivity index (χ0v) is 10.6. The van der Waals surface area contributed by atoms with Crippen molar-refractivity contribution in [2.75, 3.05) is 7.11 Å². The molecule has 1 aromatic carbocycles. The highest BCUT2D eigenvalue weighted by Crippen LogP contribution is 2.31. The van der Waals surface area contributed by atoms with Crippen LogP contribution in [0.1, 0.15) is 0 Å². The minimum Gasteiger partial charge on any atom is -0.496 e. The highest BCUT2D eigenvalue weighted by Gasteiger charge is 2.13. The summed E-state index contributed by atoms with van der Waals surface area (Å²) in [6, 6.07) is 5.23. The molecule has 0 amide bonds. The van der Waals surface area contributed by atoms with Crippen molar-refractivity contribution in [1.82, 2.24) is 10.1 Å². The Hall–Kier alpha value is -0.820. The molecule has 0 aliphatic heterocycles. The maximum atomic E-state index is 5.88. The zero-order chi connectivity index (χ0) is 10.8. The van der Waals surface area contributed by atoms with Crippen LogP contribution in [0.25, 0.3) is 11.5 Å². The lowest BCUT2D eigenvalue weighted by Gasteiger charge is -2.04. The van der Waals surface area contributed by atoms with Crippen molar-refractivity contribution in [2.45, 2.75) is 0 Å². The molecule has 0 aliphatic carbocycles. The first-order valence-corrected chi connectivity index (χ1v) is 5.49. The van der Waals surface area contributed by atoms with Crippen LogP contribution in [0.4, 0.5) is 0 Å². The number of methoxy groups -OCH3 is 1. The van der Waals surface area contributed by atoms with Crippen LogP contribution >= 0.6 is 34.2 Å². The maximum absolute atomic E-state index is 5.88. The maximum Gasteiger partial charge on any atom is 0.262 e. The second kappa shape index (κ2) is 4.36. The van der Waals surface area contributed by atoms with E-state index >= 15 is 0 Å². The minimum atomic E-state index is 0.402. The fourth-order valence-corrected chi connectivity index (χ4v) is 1.65. The third kappa shape index (κ3) is 2.23. The summed E-state index contributed by atoms with van der Waals surface area (Å²) in [6.45, 7) is 0. The van der Waals surface area contributed by atoms with E-state index in [1.807, 2.05) is 22.6 Å². The van der Waals surface area contributed by atoms with Crippen LogP contribution in [0.5, 0.6) is 5.75 Å². The standard InChI is InChI=1S/C9H6ClIN2O2/c1-14-7-3-2-5(10)4-6(7)8-12-9(11)13-15-8/h2-4H,1H3.